The highest BCUT2D eigenvalue weighted by Gasteiger charge is 2.44. The Hall–Kier alpha value is -3.55. The van der Waals surface area contributed by atoms with Crippen LogP contribution in [0.25, 0.3) is 10.9 Å². The zero-order valence-electron chi connectivity index (χ0n) is 18.6. The third kappa shape index (κ3) is 3.77. The molecule has 1 aromatic heterocycles. The van der Waals surface area contributed by atoms with Gasteiger partial charge in [0.05, 0.1) is 31.8 Å². The van der Waals surface area contributed by atoms with E-state index in [1.54, 1.807) is 26.4 Å². The van der Waals surface area contributed by atoms with Gasteiger partial charge in [0.15, 0.2) is 11.5 Å². The molecular formula is C24H28N4O4. The van der Waals surface area contributed by atoms with Crippen molar-refractivity contribution in [2.45, 2.75) is 25.2 Å². The number of nitrogen functional groups attached to an aromatic ring is 1. The first-order valence-corrected chi connectivity index (χ1v) is 10.7. The summed E-state index contributed by atoms with van der Waals surface area (Å²) in [7, 11) is 3.16. The van der Waals surface area contributed by atoms with E-state index in [1.807, 2.05) is 37.3 Å². The van der Waals surface area contributed by atoms with Crippen LogP contribution in [-0.4, -0.2) is 49.9 Å². The summed E-state index contributed by atoms with van der Waals surface area (Å²) in [6, 6.07) is 13.4. The van der Waals surface area contributed by atoms with Gasteiger partial charge >= 0.3 is 5.97 Å². The van der Waals surface area contributed by atoms with Crippen molar-refractivity contribution in [3.8, 4) is 11.5 Å². The van der Waals surface area contributed by atoms with Gasteiger partial charge in [0.1, 0.15) is 5.82 Å². The minimum absolute atomic E-state index is 0.179. The van der Waals surface area contributed by atoms with Gasteiger partial charge in [-0.25, -0.2) is 4.98 Å². The molecule has 1 aliphatic heterocycles. The van der Waals surface area contributed by atoms with E-state index in [2.05, 4.69) is 9.88 Å². The van der Waals surface area contributed by atoms with Crippen LogP contribution < -0.4 is 20.1 Å². The van der Waals surface area contributed by atoms with Gasteiger partial charge in [0.25, 0.3) is 0 Å². The molecule has 32 heavy (non-hydrogen) atoms. The fraction of sp³-hybridized carbons (Fsp3) is 0.375. The summed E-state index contributed by atoms with van der Waals surface area (Å²) >= 11 is 0. The van der Waals surface area contributed by atoms with E-state index in [-0.39, 0.29) is 5.97 Å². The maximum absolute atomic E-state index is 13.0. The van der Waals surface area contributed by atoms with E-state index in [4.69, 9.17) is 24.9 Å². The van der Waals surface area contributed by atoms with Crippen LogP contribution in [0.3, 0.4) is 0 Å². The Labute approximate surface area is 187 Å². The topological polar surface area (TPSA) is 99.8 Å². The number of piperidine rings is 1. The number of hydrogen-bond donors (Lipinski definition) is 1. The number of anilines is 2. The van der Waals surface area contributed by atoms with Crippen molar-refractivity contribution in [1.29, 1.82) is 0 Å². The third-order valence-electron chi connectivity index (χ3n) is 6.11. The molecule has 0 spiro atoms. The van der Waals surface area contributed by atoms with Gasteiger partial charge in [-0.2, -0.15) is 4.98 Å². The molecular weight excluding hydrogens is 408 g/mol. The second-order valence-electron chi connectivity index (χ2n) is 7.79. The quantitative estimate of drug-likeness (QED) is 0.588. The first kappa shape index (κ1) is 21.7. The Morgan fingerprint density at radius 2 is 1.72 bits per heavy atom. The number of nitrogens with two attached hydrogens (primary N) is 1. The highest BCUT2D eigenvalue weighted by Crippen LogP contribution is 2.39. The number of esters is 1. The molecule has 2 heterocycles. The summed E-state index contributed by atoms with van der Waals surface area (Å²) in [5.74, 6) is 1.88. The van der Waals surface area contributed by atoms with Gasteiger partial charge in [-0.05, 0) is 31.4 Å². The minimum Gasteiger partial charge on any atom is -0.493 e. The molecule has 0 aliphatic carbocycles. The molecule has 0 amide bonds. The number of methoxy groups -OCH3 is 2. The molecule has 2 aromatic carbocycles. The molecule has 2 N–H and O–H groups in total. The van der Waals surface area contributed by atoms with Gasteiger partial charge in [-0.3, -0.25) is 4.79 Å². The van der Waals surface area contributed by atoms with Gasteiger partial charge in [-0.1, -0.05) is 30.3 Å². The summed E-state index contributed by atoms with van der Waals surface area (Å²) in [5.41, 5.74) is 7.25. The molecule has 0 bridgehead atoms. The molecule has 168 valence electrons. The number of aromatic nitrogens is 2. The van der Waals surface area contributed by atoms with Crippen molar-refractivity contribution in [3.63, 3.8) is 0 Å². The Morgan fingerprint density at radius 3 is 2.34 bits per heavy atom. The summed E-state index contributed by atoms with van der Waals surface area (Å²) in [6.45, 7) is 3.39. The van der Waals surface area contributed by atoms with Crippen LogP contribution in [0.5, 0.6) is 11.5 Å². The second kappa shape index (κ2) is 8.90. The average molecular weight is 437 g/mol. The lowest BCUT2D eigenvalue weighted by Crippen LogP contribution is -2.48. The number of carbonyl (C=O) groups is 1. The fourth-order valence-electron chi connectivity index (χ4n) is 4.33. The zero-order valence-corrected chi connectivity index (χ0v) is 18.6. The monoisotopic (exact) mass is 436 g/mol. The zero-order chi connectivity index (χ0) is 22.7. The predicted molar refractivity (Wildman–Crippen MR) is 123 cm³/mol. The number of nitrogens with zero attached hydrogens (tertiary/aromatic N) is 3. The average Bonchev–Trinajstić information content (AvgIpc) is 2.84. The highest BCUT2D eigenvalue weighted by molar-refractivity contribution is 5.92. The number of carbonyl (C=O) groups excluding carboxylic acids is 1. The first-order valence-electron chi connectivity index (χ1n) is 10.7. The van der Waals surface area contributed by atoms with E-state index in [1.165, 1.54) is 0 Å². The fourth-order valence-corrected chi connectivity index (χ4v) is 4.33. The van der Waals surface area contributed by atoms with Gasteiger partial charge in [0.2, 0.25) is 5.95 Å². The molecule has 0 unspecified atom stereocenters. The van der Waals surface area contributed by atoms with E-state index < -0.39 is 5.41 Å². The first-order chi connectivity index (χ1) is 15.5. The van der Waals surface area contributed by atoms with Crippen LogP contribution in [0.1, 0.15) is 25.3 Å². The van der Waals surface area contributed by atoms with E-state index in [0.717, 1.165) is 5.56 Å². The summed E-state index contributed by atoms with van der Waals surface area (Å²) in [5, 5.41) is 0.702. The molecule has 3 aromatic rings. The SMILES string of the molecule is CCOC(=O)C1(c2ccccc2)CCN(c2nc(N)c3cc(OC)c(OC)cc3n2)CC1. The van der Waals surface area contributed by atoms with Crippen molar-refractivity contribution in [3.05, 3.63) is 48.0 Å². The second-order valence-corrected chi connectivity index (χ2v) is 7.79. The van der Waals surface area contributed by atoms with Crippen molar-refractivity contribution < 1.29 is 19.0 Å². The molecule has 1 saturated heterocycles. The van der Waals surface area contributed by atoms with Crippen molar-refractivity contribution in [2.24, 2.45) is 0 Å². The van der Waals surface area contributed by atoms with Crippen LogP contribution >= 0.6 is 0 Å². The van der Waals surface area contributed by atoms with Gasteiger partial charge < -0.3 is 24.8 Å². The van der Waals surface area contributed by atoms with E-state index in [9.17, 15) is 4.79 Å². The van der Waals surface area contributed by atoms with Crippen LogP contribution in [0, 0.1) is 0 Å². The number of ether oxygens (including phenoxy) is 3. The molecule has 1 aliphatic rings. The third-order valence-corrected chi connectivity index (χ3v) is 6.11. The Bertz CT molecular complexity index is 1110. The summed E-state index contributed by atoms with van der Waals surface area (Å²) in [6.07, 6.45) is 1.20. The number of benzene rings is 2. The Balaban J connectivity index is 1.65. The van der Waals surface area contributed by atoms with E-state index in [0.29, 0.717) is 66.7 Å². The predicted octanol–water partition coefficient (Wildman–Crippen LogP) is 3.33. The van der Waals surface area contributed by atoms with E-state index >= 15 is 0 Å². The molecule has 0 radical (unpaired) electrons. The summed E-state index contributed by atoms with van der Waals surface area (Å²) in [4.78, 5) is 24.3. The highest BCUT2D eigenvalue weighted by atomic mass is 16.5. The molecule has 0 atom stereocenters. The molecule has 0 saturated carbocycles. The summed E-state index contributed by atoms with van der Waals surface area (Å²) < 4.78 is 16.2. The molecule has 8 nitrogen and oxygen atoms in total. The van der Waals surface area contributed by atoms with Crippen molar-refractivity contribution in [1.82, 2.24) is 9.97 Å². The standard InChI is InChI=1S/C24H28N4O4/c1-4-32-22(29)24(16-8-6-5-7-9-16)10-12-28(13-11-24)23-26-18-15-20(31-3)19(30-2)14-17(18)21(25)27-23/h5-9,14-15H,4,10-13H2,1-3H3,(H2,25,26,27). The van der Waals surface area contributed by atoms with Crippen molar-refractivity contribution >= 4 is 28.6 Å². The van der Waals surface area contributed by atoms with Crippen LogP contribution in [0.15, 0.2) is 42.5 Å². The number of hydrogen-bond acceptors (Lipinski definition) is 8. The number of rotatable bonds is 6. The maximum atomic E-state index is 13.0. The maximum Gasteiger partial charge on any atom is 0.316 e. The van der Waals surface area contributed by atoms with Crippen LogP contribution in [0.4, 0.5) is 11.8 Å². The Kier molecular flexibility index (Phi) is 6.03. The van der Waals surface area contributed by atoms with Gasteiger partial charge in [0, 0.05) is 24.5 Å². The largest absolute Gasteiger partial charge is 0.493 e. The lowest BCUT2D eigenvalue weighted by molar-refractivity contribution is -0.151. The molecule has 4 rings (SSSR count). The molecule has 1 fully saturated rings. The smallest absolute Gasteiger partial charge is 0.316 e. The number of fused-ring (bicyclic) bond motifs is 1. The van der Waals surface area contributed by atoms with Gasteiger partial charge in [-0.15, -0.1) is 0 Å². The van der Waals surface area contributed by atoms with Crippen LogP contribution in [-0.2, 0) is 14.9 Å². The minimum atomic E-state index is -0.674. The normalized spacial score (nSPS) is 15.4. The lowest BCUT2D eigenvalue weighted by atomic mass is 9.73. The lowest BCUT2D eigenvalue weighted by Gasteiger charge is -2.40. The molecule has 8 heteroatoms. The van der Waals surface area contributed by atoms with Crippen molar-refractivity contribution in [2.75, 3.05) is 44.5 Å². The van der Waals surface area contributed by atoms with Crippen LogP contribution in [0.2, 0.25) is 0 Å². The Morgan fingerprint density at radius 1 is 1.06 bits per heavy atom.